The number of nitrogen functional groups attached to an aromatic ring is 1. The highest BCUT2D eigenvalue weighted by Crippen LogP contribution is 2.45. The number of nitrogens with zero attached hydrogens (tertiary/aromatic N) is 4. The third-order valence-electron chi connectivity index (χ3n) is 8.81. The Kier molecular flexibility index (Phi) is 9.47. The quantitative estimate of drug-likeness (QED) is 0.107. The largest absolute Gasteiger partial charge is 0.399 e. The highest BCUT2D eigenvalue weighted by atomic mass is 16.3. The van der Waals surface area contributed by atoms with Crippen molar-refractivity contribution in [1.82, 2.24) is 15.0 Å². The van der Waals surface area contributed by atoms with Gasteiger partial charge in [0.05, 0.1) is 30.5 Å². The first kappa shape index (κ1) is 32.4. The van der Waals surface area contributed by atoms with E-state index in [-0.39, 0.29) is 25.0 Å². The Morgan fingerprint density at radius 2 is 1.69 bits per heavy atom. The zero-order chi connectivity index (χ0) is 33.7. The fourth-order valence-electron chi connectivity index (χ4n) is 6.06. The number of carbonyl (C=O) groups excluding carboxylic acids is 2. The molecule has 3 atom stereocenters. The number of aliphatic hydroxyl groups excluding tert-OH is 1. The van der Waals surface area contributed by atoms with Crippen molar-refractivity contribution in [2.24, 2.45) is 5.92 Å². The van der Waals surface area contributed by atoms with Gasteiger partial charge in [-0.2, -0.15) is 0 Å². The Labute approximate surface area is 279 Å². The van der Waals surface area contributed by atoms with Gasteiger partial charge in [0, 0.05) is 41.2 Å². The van der Waals surface area contributed by atoms with Crippen molar-refractivity contribution in [3.8, 4) is 0 Å². The summed E-state index contributed by atoms with van der Waals surface area (Å²) in [4.78, 5) is 28.1. The lowest BCUT2D eigenvalue weighted by Gasteiger charge is -2.27. The van der Waals surface area contributed by atoms with Crippen LogP contribution in [-0.4, -0.2) is 43.6 Å². The number of para-hydroxylation sites is 1. The summed E-state index contributed by atoms with van der Waals surface area (Å²) < 4.78 is 1.73. The summed E-state index contributed by atoms with van der Waals surface area (Å²) in [6.07, 6.45) is 6.27. The second-order valence-electron chi connectivity index (χ2n) is 12.0. The Balaban J connectivity index is 1.09. The van der Waals surface area contributed by atoms with Crippen LogP contribution in [0.1, 0.15) is 52.0 Å². The lowest BCUT2D eigenvalue weighted by atomic mass is 9.83. The van der Waals surface area contributed by atoms with Crippen molar-refractivity contribution in [2.45, 2.75) is 38.0 Å². The minimum absolute atomic E-state index is 0.0694. The molecule has 4 aromatic carbocycles. The number of amides is 2. The van der Waals surface area contributed by atoms with Crippen LogP contribution in [0.5, 0.6) is 0 Å². The van der Waals surface area contributed by atoms with E-state index >= 15 is 0 Å². The van der Waals surface area contributed by atoms with Crippen LogP contribution < -0.4 is 16.0 Å². The number of hydrogen-bond acceptors (Lipinski definition) is 7. The Morgan fingerprint density at radius 3 is 2.42 bits per heavy atom. The minimum atomic E-state index is -1.73. The van der Waals surface area contributed by atoms with Crippen molar-refractivity contribution in [3.05, 3.63) is 149 Å². The molecule has 0 bridgehead atoms. The summed E-state index contributed by atoms with van der Waals surface area (Å²) in [5, 5.41) is 33.3. The lowest BCUT2D eigenvalue weighted by Crippen LogP contribution is -2.44. The van der Waals surface area contributed by atoms with E-state index in [1.54, 1.807) is 52.0 Å². The Morgan fingerprint density at radius 1 is 0.979 bits per heavy atom. The summed E-state index contributed by atoms with van der Waals surface area (Å²) >= 11 is 0. The van der Waals surface area contributed by atoms with Gasteiger partial charge in [0.2, 0.25) is 0 Å². The van der Waals surface area contributed by atoms with Gasteiger partial charge < -0.3 is 26.2 Å². The van der Waals surface area contributed by atoms with E-state index in [1.807, 2.05) is 85.9 Å². The molecule has 6 rings (SSSR count). The predicted octanol–water partition coefficient (Wildman–Crippen LogP) is 5.25. The molecule has 1 aliphatic heterocycles. The number of benzene rings is 4. The molecule has 2 heterocycles. The van der Waals surface area contributed by atoms with Gasteiger partial charge in [-0.15, -0.1) is 5.10 Å². The lowest BCUT2D eigenvalue weighted by molar-refractivity contribution is -0.139. The second-order valence-corrected chi connectivity index (χ2v) is 12.0. The summed E-state index contributed by atoms with van der Waals surface area (Å²) in [6.45, 7) is 2.58. The molecule has 1 aromatic heterocycles. The zero-order valence-electron chi connectivity index (χ0n) is 26.6. The predicted molar refractivity (Wildman–Crippen MR) is 185 cm³/mol. The molecule has 1 unspecified atom stereocenters. The topological polar surface area (TPSA) is 147 Å². The number of rotatable bonds is 12. The monoisotopic (exact) mass is 642 g/mol. The molecule has 0 saturated heterocycles. The molecule has 2 amide bonds. The number of aromatic nitrogens is 3. The normalized spacial score (nSPS) is 17.0. The molecule has 10 nitrogen and oxygen atoms in total. The molecular formula is C38H38N6O4. The summed E-state index contributed by atoms with van der Waals surface area (Å²) in [6, 6.07) is 31.0. The van der Waals surface area contributed by atoms with Crippen LogP contribution >= 0.6 is 0 Å². The molecule has 244 valence electrons. The second kappa shape index (κ2) is 14.0. The molecule has 5 N–H and O–H groups in total. The Hall–Kier alpha value is -5.58. The molecule has 5 aromatic rings. The van der Waals surface area contributed by atoms with Gasteiger partial charge in [-0.1, -0.05) is 85.0 Å². The molecule has 48 heavy (non-hydrogen) atoms. The van der Waals surface area contributed by atoms with E-state index in [0.29, 0.717) is 46.8 Å². The Bertz CT molecular complexity index is 1910. The van der Waals surface area contributed by atoms with Crippen molar-refractivity contribution >= 4 is 28.9 Å². The maximum Gasteiger partial charge on any atom is 0.264 e. The van der Waals surface area contributed by atoms with Crippen molar-refractivity contribution in [3.63, 3.8) is 0 Å². The number of nitrogens with one attached hydrogen (secondary N) is 1. The first-order valence-electron chi connectivity index (χ1n) is 15.9. The highest BCUT2D eigenvalue weighted by molar-refractivity contribution is 6.07. The number of aryl methyl sites for hydroxylation is 1. The molecule has 0 radical (unpaired) electrons. The van der Waals surface area contributed by atoms with E-state index < -0.39 is 17.4 Å². The molecule has 0 aliphatic carbocycles. The van der Waals surface area contributed by atoms with Gasteiger partial charge in [-0.05, 0) is 60.0 Å². The van der Waals surface area contributed by atoms with E-state index in [1.165, 1.54) is 0 Å². The van der Waals surface area contributed by atoms with Crippen LogP contribution in [0.25, 0.3) is 0 Å². The number of anilines is 3. The van der Waals surface area contributed by atoms with Crippen LogP contribution in [0.2, 0.25) is 0 Å². The average Bonchev–Trinajstić information content (AvgIpc) is 3.66. The number of nitrogens with two attached hydrogens (primary N) is 1. The first-order chi connectivity index (χ1) is 23.3. The van der Waals surface area contributed by atoms with Gasteiger partial charge in [-0.25, -0.2) is 0 Å². The van der Waals surface area contributed by atoms with E-state index in [2.05, 4.69) is 15.6 Å². The van der Waals surface area contributed by atoms with Crippen LogP contribution in [0.15, 0.2) is 121 Å². The third kappa shape index (κ3) is 6.62. The van der Waals surface area contributed by atoms with E-state index in [9.17, 15) is 19.8 Å². The highest BCUT2D eigenvalue weighted by Gasteiger charge is 2.52. The van der Waals surface area contributed by atoms with Gasteiger partial charge in [0.1, 0.15) is 0 Å². The summed E-state index contributed by atoms with van der Waals surface area (Å²) in [5.41, 5.74) is 9.44. The number of fused-ring (bicyclic) bond motifs is 1. The van der Waals surface area contributed by atoms with Crippen LogP contribution in [0, 0.1) is 5.92 Å². The van der Waals surface area contributed by atoms with Crippen molar-refractivity contribution < 1.29 is 19.8 Å². The number of hydrogen-bond donors (Lipinski definition) is 4. The van der Waals surface area contributed by atoms with Crippen LogP contribution in [0.4, 0.5) is 17.1 Å². The molecule has 10 heteroatoms. The maximum atomic E-state index is 13.9. The number of carbonyl (C=O) groups is 2. The number of aliphatic hydroxyl groups is 2. The van der Waals surface area contributed by atoms with Crippen molar-refractivity contribution in [2.75, 3.05) is 22.6 Å². The first-order valence-corrected chi connectivity index (χ1v) is 15.9. The molecule has 1 aliphatic rings. The fraction of sp³-hybridized carbons (Fsp3) is 0.211. The van der Waals surface area contributed by atoms with E-state index in [4.69, 9.17) is 5.73 Å². The fourth-order valence-corrected chi connectivity index (χ4v) is 6.06. The summed E-state index contributed by atoms with van der Waals surface area (Å²) in [7, 11) is 0. The van der Waals surface area contributed by atoms with E-state index in [0.717, 1.165) is 11.1 Å². The van der Waals surface area contributed by atoms with Crippen LogP contribution in [0.3, 0.4) is 0 Å². The van der Waals surface area contributed by atoms with Crippen LogP contribution in [-0.2, 0) is 23.5 Å². The summed E-state index contributed by atoms with van der Waals surface area (Å²) in [5.74, 6) is -1.40. The van der Waals surface area contributed by atoms with Gasteiger partial charge in [-0.3, -0.25) is 14.3 Å². The van der Waals surface area contributed by atoms with Crippen molar-refractivity contribution in [1.29, 1.82) is 0 Å². The molecular weight excluding hydrogens is 604 g/mol. The smallest absolute Gasteiger partial charge is 0.264 e. The SMILES string of the molecule is C[C@H](/C=C/CCn1cc(C(CO)c2ccccc2)nn1)[C@@]1(O)C(=O)N(Cc2ccc(NC(=O)c3ccc(N)cc3)cc2)c2ccccc21. The molecule has 0 fully saturated rings. The maximum absolute atomic E-state index is 13.9. The molecule has 0 spiro atoms. The minimum Gasteiger partial charge on any atom is -0.399 e. The van der Waals surface area contributed by atoms with Gasteiger partial charge in [0.25, 0.3) is 11.8 Å². The third-order valence-corrected chi connectivity index (χ3v) is 8.81. The average molecular weight is 643 g/mol. The standard InChI is InChI=1S/C38H38N6O4/c1-26(9-7-8-22-43-24-34(41-42-43)32(25-45)28-10-3-2-4-11-28)38(48)33-12-5-6-13-35(33)44(37(38)47)23-27-14-20-31(21-15-27)40-36(46)29-16-18-30(39)19-17-29/h2-7,9-21,24,26,32,45,48H,8,22-23,25,39H2,1H3,(H,40,46)/b9-7+/t26-,32?,38+/m1/s1. The van der Waals surface area contributed by atoms with Gasteiger partial charge in [0.15, 0.2) is 5.60 Å². The molecule has 0 saturated carbocycles. The zero-order valence-corrected chi connectivity index (χ0v) is 26.6. The number of allylic oxidation sites excluding steroid dienone is 1. The van der Waals surface area contributed by atoms with Gasteiger partial charge >= 0.3 is 0 Å².